The van der Waals surface area contributed by atoms with Gasteiger partial charge in [0, 0.05) is 75.7 Å². The second-order valence-electron chi connectivity index (χ2n) is 7.92. The van der Waals surface area contributed by atoms with Crippen LogP contribution >= 0.6 is 0 Å². The number of anilines is 2. The summed E-state index contributed by atoms with van der Waals surface area (Å²) >= 11 is 0. The molecule has 0 unspecified atom stereocenters. The maximum atomic E-state index is 12.9. The minimum Gasteiger partial charge on any atom is -0.378 e. The van der Waals surface area contributed by atoms with E-state index >= 15 is 0 Å². The molecule has 0 radical (unpaired) electrons. The molecule has 5 rings (SSSR count). The first-order valence-corrected chi connectivity index (χ1v) is 10.5. The quantitative estimate of drug-likeness (QED) is 0.493. The molecule has 4 heterocycles. The van der Waals surface area contributed by atoms with Crippen LogP contribution < -0.4 is 9.80 Å². The van der Waals surface area contributed by atoms with Crippen LogP contribution in [-0.2, 0) is 0 Å². The number of rotatable bonds is 4. The van der Waals surface area contributed by atoms with Gasteiger partial charge in [0.2, 0.25) is 5.95 Å². The Hall–Kier alpha value is -4.01. The number of carbonyl (C=O) groups excluding carboxylic acids is 1. The number of carbonyl (C=O) groups is 1. The Morgan fingerprint density at radius 2 is 1.75 bits per heavy atom. The summed E-state index contributed by atoms with van der Waals surface area (Å²) in [5, 5.41) is 4.70. The number of nitrogens with zero attached hydrogens (tertiary/aromatic N) is 8. The average molecular weight is 429 g/mol. The minimum atomic E-state index is 0.0541. The standard InChI is InChI=1S/C23H24N8O/c1-28(2)19-7-5-17(6-8-19)21(32)29-12-14-30(15-13-29)23-26-22-25-11-9-20(31(22)27-23)18-4-3-10-24-16-18/h3-11,16H,12-15H2,1-2H3. The van der Waals surface area contributed by atoms with Crippen molar-refractivity contribution in [2.24, 2.45) is 0 Å². The van der Waals surface area contributed by atoms with E-state index < -0.39 is 0 Å². The Kier molecular flexibility index (Phi) is 5.14. The van der Waals surface area contributed by atoms with Crippen LogP contribution in [0.3, 0.4) is 0 Å². The number of amides is 1. The Morgan fingerprint density at radius 1 is 0.969 bits per heavy atom. The number of hydrogen-bond donors (Lipinski definition) is 0. The Labute approximate surface area is 186 Å². The highest BCUT2D eigenvalue weighted by Gasteiger charge is 2.25. The molecule has 4 aromatic rings. The van der Waals surface area contributed by atoms with Crippen molar-refractivity contribution in [2.45, 2.75) is 0 Å². The zero-order chi connectivity index (χ0) is 22.1. The summed E-state index contributed by atoms with van der Waals surface area (Å²) in [5.41, 5.74) is 3.62. The average Bonchev–Trinajstić information content (AvgIpc) is 3.29. The zero-order valence-corrected chi connectivity index (χ0v) is 18.1. The van der Waals surface area contributed by atoms with Crippen molar-refractivity contribution in [1.82, 2.24) is 29.5 Å². The van der Waals surface area contributed by atoms with Gasteiger partial charge >= 0.3 is 0 Å². The third-order valence-corrected chi connectivity index (χ3v) is 5.67. The van der Waals surface area contributed by atoms with Gasteiger partial charge in [-0.15, -0.1) is 5.10 Å². The van der Waals surface area contributed by atoms with Crippen molar-refractivity contribution in [2.75, 3.05) is 50.1 Å². The highest BCUT2D eigenvalue weighted by molar-refractivity contribution is 5.94. The summed E-state index contributed by atoms with van der Waals surface area (Å²) < 4.78 is 1.75. The van der Waals surface area contributed by atoms with Crippen LogP contribution in [0.25, 0.3) is 17.0 Å². The van der Waals surface area contributed by atoms with E-state index in [0.717, 1.165) is 16.9 Å². The van der Waals surface area contributed by atoms with Crippen molar-refractivity contribution in [3.63, 3.8) is 0 Å². The van der Waals surface area contributed by atoms with E-state index in [-0.39, 0.29) is 5.91 Å². The molecule has 0 atom stereocenters. The topological polar surface area (TPSA) is 82.8 Å². The summed E-state index contributed by atoms with van der Waals surface area (Å²) in [6.07, 6.45) is 5.27. The fourth-order valence-electron chi connectivity index (χ4n) is 3.84. The van der Waals surface area contributed by atoms with E-state index in [0.29, 0.717) is 43.5 Å². The predicted octanol–water partition coefficient (Wildman–Crippen LogP) is 2.21. The van der Waals surface area contributed by atoms with Gasteiger partial charge in [-0.05, 0) is 42.5 Å². The minimum absolute atomic E-state index is 0.0541. The molecule has 3 aromatic heterocycles. The lowest BCUT2D eigenvalue weighted by atomic mass is 10.1. The van der Waals surface area contributed by atoms with E-state index in [1.807, 2.05) is 66.4 Å². The molecular formula is C23H24N8O. The smallest absolute Gasteiger partial charge is 0.254 e. The second-order valence-corrected chi connectivity index (χ2v) is 7.92. The maximum absolute atomic E-state index is 12.9. The summed E-state index contributed by atoms with van der Waals surface area (Å²) in [5.74, 6) is 1.22. The van der Waals surface area contributed by atoms with Crippen molar-refractivity contribution in [3.8, 4) is 11.3 Å². The van der Waals surface area contributed by atoms with Gasteiger partial charge in [0.25, 0.3) is 11.7 Å². The van der Waals surface area contributed by atoms with E-state index in [9.17, 15) is 4.79 Å². The maximum Gasteiger partial charge on any atom is 0.254 e. The van der Waals surface area contributed by atoms with Gasteiger partial charge in [0.1, 0.15) is 0 Å². The lowest BCUT2D eigenvalue weighted by Gasteiger charge is -2.34. The molecule has 1 aromatic carbocycles. The van der Waals surface area contributed by atoms with Crippen LogP contribution in [-0.4, -0.2) is 75.6 Å². The summed E-state index contributed by atoms with van der Waals surface area (Å²) in [7, 11) is 3.97. The Morgan fingerprint density at radius 3 is 2.44 bits per heavy atom. The molecule has 1 aliphatic heterocycles. The van der Waals surface area contributed by atoms with Crippen LogP contribution in [0.15, 0.2) is 61.1 Å². The molecular weight excluding hydrogens is 404 g/mol. The lowest BCUT2D eigenvalue weighted by Crippen LogP contribution is -2.49. The predicted molar refractivity (Wildman–Crippen MR) is 123 cm³/mol. The molecule has 0 spiro atoms. The van der Waals surface area contributed by atoms with Crippen LogP contribution in [0.4, 0.5) is 11.6 Å². The normalized spacial score (nSPS) is 14.1. The Bertz CT molecular complexity index is 1230. The van der Waals surface area contributed by atoms with Gasteiger partial charge in [-0.2, -0.15) is 9.50 Å². The molecule has 0 N–H and O–H groups in total. The molecule has 0 bridgehead atoms. The lowest BCUT2D eigenvalue weighted by molar-refractivity contribution is 0.0746. The van der Waals surface area contributed by atoms with Crippen molar-refractivity contribution in [3.05, 3.63) is 66.6 Å². The van der Waals surface area contributed by atoms with Crippen LogP contribution in [0.1, 0.15) is 10.4 Å². The molecule has 0 aliphatic carbocycles. The van der Waals surface area contributed by atoms with Crippen molar-refractivity contribution in [1.29, 1.82) is 0 Å². The molecule has 9 nitrogen and oxygen atoms in total. The van der Waals surface area contributed by atoms with E-state index in [1.165, 1.54) is 0 Å². The number of piperazine rings is 1. The second kappa shape index (κ2) is 8.26. The SMILES string of the molecule is CN(C)c1ccc(C(=O)N2CCN(c3nc4nccc(-c5cccnc5)n4n3)CC2)cc1. The first kappa shape index (κ1) is 19.9. The highest BCUT2D eigenvalue weighted by atomic mass is 16.2. The largest absolute Gasteiger partial charge is 0.378 e. The van der Waals surface area contributed by atoms with Crippen molar-refractivity contribution >= 4 is 23.3 Å². The first-order valence-electron chi connectivity index (χ1n) is 10.5. The highest BCUT2D eigenvalue weighted by Crippen LogP contribution is 2.21. The summed E-state index contributed by atoms with van der Waals surface area (Å²) in [6, 6.07) is 13.5. The van der Waals surface area contributed by atoms with Gasteiger partial charge in [-0.1, -0.05) is 0 Å². The molecule has 9 heteroatoms. The van der Waals surface area contributed by atoms with Crippen LogP contribution in [0.2, 0.25) is 0 Å². The first-order chi connectivity index (χ1) is 15.6. The van der Waals surface area contributed by atoms with Crippen LogP contribution in [0, 0.1) is 0 Å². The van der Waals surface area contributed by atoms with E-state index in [4.69, 9.17) is 5.10 Å². The Balaban J connectivity index is 1.30. The molecule has 1 amide bonds. The van der Waals surface area contributed by atoms with E-state index in [1.54, 1.807) is 23.1 Å². The van der Waals surface area contributed by atoms with Gasteiger partial charge in [-0.25, -0.2) is 4.98 Å². The number of benzene rings is 1. The number of aromatic nitrogens is 5. The number of fused-ring (bicyclic) bond motifs is 1. The van der Waals surface area contributed by atoms with Gasteiger partial charge < -0.3 is 14.7 Å². The molecule has 1 saturated heterocycles. The number of pyridine rings is 1. The summed E-state index contributed by atoms with van der Waals surface area (Å²) in [6.45, 7) is 2.57. The molecule has 32 heavy (non-hydrogen) atoms. The third kappa shape index (κ3) is 3.73. The van der Waals surface area contributed by atoms with Gasteiger partial charge in [0.15, 0.2) is 0 Å². The molecule has 1 fully saturated rings. The molecule has 162 valence electrons. The van der Waals surface area contributed by atoms with Gasteiger partial charge in [0.05, 0.1) is 5.69 Å². The fraction of sp³-hybridized carbons (Fsp3) is 0.261. The third-order valence-electron chi connectivity index (χ3n) is 5.67. The van der Waals surface area contributed by atoms with Gasteiger partial charge in [-0.3, -0.25) is 9.78 Å². The summed E-state index contributed by atoms with van der Waals surface area (Å²) in [4.78, 5) is 32.1. The molecule has 1 aliphatic rings. The van der Waals surface area contributed by atoms with Crippen molar-refractivity contribution < 1.29 is 4.79 Å². The molecule has 0 saturated carbocycles. The van der Waals surface area contributed by atoms with E-state index in [2.05, 4.69) is 19.9 Å². The van der Waals surface area contributed by atoms with Crippen LogP contribution in [0.5, 0.6) is 0 Å². The zero-order valence-electron chi connectivity index (χ0n) is 18.1. The fourth-order valence-corrected chi connectivity index (χ4v) is 3.84. The number of hydrogen-bond acceptors (Lipinski definition) is 7. The monoisotopic (exact) mass is 428 g/mol.